The Morgan fingerprint density at radius 2 is 2.00 bits per heavy atom. The predicted octanol–water partition coefficient (Wildman–Crippen LogP) is 0.884. The Morgan fingerprint density at radius 3 is 2.38 bits per heavy atom. The van der Waals surface area contributed by atoms with Crippen molar-refractivity contribution in [1.29, 1.82) is 0 Å². The van der Waals surface area contributed by atoms with Crippen LogP contribution in [0.1, 0.15) is 33.6 Å². The second kappa shape index (κ2) is 4.09. The third kappa shape index (κ3) is 2.69. The van der Waals surface area contributed by atoms with E-state index in [0.717, 1.165) is 18.8 Å². The molecule has 0 aromatic carbocycles. The summed E-state index contributed by atoms with van der Waals surface area (Å²) in [7, 11) is 0. The summed E-state index contributed by atoms with van der Waals surface area (Å²) in [5.74, 6) is 0.991. The van der Waals surface area contributed by atoms with E-state index in [9.17, 15) is 4.79 Å². The van der Waals surface area contributed by atoms with Crippen molar-refractivity contribution in [1.82, 2.24) is 5.32 Å². The normalized spacial score (nSPS) is 29.6. The lowest BCUT2D eigenvalue weighted by Gasteiger charge is -2.34. The highest BCUT2D eigenvalue weighted by Gasteiger charge is 2.28. The molecule has 0 radical (unpaired) electrons. The first-order valence-corrected chi connectivity index (χ1v) is 5.06. The van der Waals surface area contributed by atoms with Gasteiger partial charge in [-0.2, -0.15) is 0 Å². The standard InChI is InChI=1S/C10H20N2O/c1-6(2)9(11)10(13)12-8-4-7(3)5-8/h6-9H,4-5,11H2,1-3H3,(H,12,13)/t7?,8?,9-/m1/s1. The number of hydrogen-bond acceptors (Lipinski definition) is 2. The Balaban J connectivity index is 2.25. The number of carbonyl (C=O) groups is 1. The quantitative estimate of drug-likeness (QED) is 0.684. The molecule has 1 saturated carbocycles. The molecule has 76 valence electrons. The molecule has 3 nitrogen and oxygen atoms in total. The van der Waals surface area contributed by atoms with Crippen molar-refractivity contribution in [2.24, 2.45) is 17.6 Å². The van der Waals surface area contributed by atoms with Gasteiger partial charge in [-0.1, -0.05) is 20.8 Å². The maximum Gasteiger partial charge on any atom is 0.237 e. The summed E-state index contributed by atoms with van der Waals surface area (Å²) in [4.78, 5) is 11.5. The summed E-state index contributed by atoms with van der Waals surface area (Å²) in [5.41, 5.74) is 5.71. The number of carbonyl (C=O) groups excluding carboxylic acids is 1. The van der Waals surface area contributed by atoms with E-state index in [1.54, 1.807) is 0 Å². The first kappa shape index (κ1) is 10.5. The number of amides is 1. The van der Waals surface area contributed by atoms with Crippen LogP contribution in [0.5, 0.6) is 0 Å². The molecule has 1 aliphatic carbocycles. The zero-order chi connectivity index (χ0) is 10.0. The molecule has 0 unspecified atom stereocenters. The molecule has 1 atom stereocenters. The van der Waals surface area contributed by atoms with Gasteiger partial charge in [0.15, 0.2) is 0 Å². The van der Waals surface area contributed by atoms with Crippen molar-refractivity contribution < 1.29 is 4.79 Å². The van der Waals surface area contributed by atoms with E-state index in [1.807, 2.05) is 13.8 Å². The molecular weight excluding hydrogens is 164 g/mol. The van der Waals surface area contributed by atoms with Gasteiger partial charge in [0, 0.05) is 6.04 Å². The van der Waals surface area contributed by atoms with Crippen molar-refractivity contribution in [2.45, 2.75) is 45.7 Å². The molecule has 1 rings (SSSR count). The topological polar surface area (TPSA) is 55.1 Å². The molecule has 13 heavy (non-hydrogen) atoms. The molecule has 0 spiro atoms. The van der Waals surface area contributed by atoms with Crippen molar-refractivity contribution in [2.75, 3.05) is 0 Å². The first-order valence-electron chi connectivity index (χ1n) is 5.06. The van der Waals surface area contributed by atoms with Crippen LogP contribution in [0.25, 0.3) is 0 Å². The smallest absolute Gasteiger partial charge is 0.237 e. The highest BCUT2D eigenvalue weighted by Crippen LogP contribution is 2.26. The first-order chi connectivity index (χ1) is 6.00. The van der Waals surface area contributed by atoms with E-state index < -0.39 is 0 Å². The van der Waals surface area contributed by atoms with Crippen LogP contribution in [0.2, 0.25) is 0 Å². The monoisotopic (exact) mass is 184 g/mol. The third-order valence-corrected chi connectivity index (χ3v) is 2.74. The maximum absolute atomic E-state index is 11.5. The lowest BCUT2D eigenvalue weighted by atomic mass is 9.81. The highest BCUT2D eigenvalue weighted by molar-refractivity contribution is 5.82. The molecule has 3 heteroatoms. The summed E-state index contributed by atoms with van der Waals surface area (Å²) in [5, 5.41) is 2.96. The van der Waals surface area contributed by atoms with E-state index in [2.05, 4.69) is 12.2 Å². The van der Waals surface area contributed by atoms with Crippen molar-refractivity contribution in [3.8, 4) is 0 Å². The fourth-order valence-corrected chi connectivity index (χ4v) is 1.62. The van der Waals surface area contributed by atoms with E-state index in [1.165, 1.54) is 0 Å². The van der Waals surface area contributed by atoms with Gasteiger partial charge in [0.05, 0.1) is 6.04 Å². The van der Waals surface area contributed by atoms with Crippen LogP contribution in [0.3, 0.4) is 0 Å². The number of nitrogens with two attached hydrogens (primary N) is 1. The molecule has 0 heterocycles. The van der Waals surface area contributed by atoms with E-state index in [4.69, 9.17) is 5.73 Å². The van der Waals surface area contributed by atoms with E-state index >= 15 is 0 Å². The fourth-order valence-electron chi connectivity index (χ4n) is 1.62. The molecule has 3 N–H and O–H groups in total. The molecule has 1 aliphatic rings. The third-order valence-electron chi connectivity index (χ3n) is 2.74. The van der Waals surface area contributed by atoms with Gasteiger partial charge in [0.25, 0.3) is 0 Å². The number of rotatable bonds is 3. The van der Waals surface area contributed by atoms with Crippen LogP contribution in [0.15, 0.2) is 0 Å². The lowest BCUT2D eigenvalue weighted by Crippen LogP contribution is -2.51. The van der Waals surface area contributed by atoms with Crippen LogP contribution in [0.4, 0.5) is 0 Å². The molecular formula is C10H20N2O. The van der Waals surface area contributed by atoms with Crippen LogP contribution in [0, 0.1) is 11.8 Å². The average Bonchev–Trinajstić information content (AvgIpc) is 2.00. The lowest BCUT2D eigenvalue weighted by molar-refractivity contribution is -0.124. The van der Waals surface area contributed by atoms with Crippen molar-refractivity contribution in [3.63, 3.8) is 0 Å². The second-order valence-electron chi connectivity index (χ2n) is 4.55. The van der Waals surface area contributed by atoms with Crippen LogP contribution < -0.4 is 11.1 Å². The Kier molecular flexibility index (Phi) is 3.31. The van der Waals surface area contributed by atoms with Crippen LogP contribution in [-0.4, -0.2) is 18.0 Å². The van der Waals surface area contributed by atoms with Gasteiger partial charge in [-0.05, 0) is 24.7 Å². The minimum atomic E-state index is -0.351. The Labute approximate surface area is 80.1 Å². The maximum atomic E-state index is 11.5. The number of nitrogens with one attached hydrogen (secondary N) is 1. The van der Waals surface area contributed by atoms with Crippen LogP contribution >= 0.6 is 0 Å². The van der Waals surface area contributed by atoms with Gasteiger partial charge in [0.1, 0.15) is 0 Å². The van der Waals surface area contributed by atoms with Gasteiger partial charge in [-0.15, -0.1) is 0 Å². The second-order valence-corrected chi connectivity index (χ2v) is 4.55. The zero-order valence-electron chi connectivity index (χ0n) is 8.71. The molecule has 0 aromatic rings. The average molecular weight is 184 g/mol. The molecule has 1 amide bonds. The Morgan fingerprint density at radius 1 is 1.46 bits per heavy atom. The molecule has 0 aliphatic heterocycles. The Bertz CT molecular complexity index is 185. The molecule has 0 aromatic heterocycles. The van der Waals surface area contributed by atoms with Gasteiger partial charge in [-0.25, -0.2) is 0 Å². The Hall–Kier alpha value is -0.570. The number of hydrogen-bond donors (Lipinski definition) is 2. The summed E-state index contributed by atoms with van der Waals surface area (Å²) in [6.07, 6.45) is 2.22. The minimum absolute atomic E-state index is 0.00639. The minimum Gasteiger partial charge on any atom is -0.352 e. The van der Waals surface area contributed by atoms with Gasteiger partial charge in [-0.3, -0.25) is 4.79 Å². The summed E-state index contributed by atoms with van der Waals surface area (Å²) in [6.45, 7) is 6.13. The largest absolute Gasteiger partial charge is 0.352 e. The van der Waals surface area contributed by atoms with Gasteiger partial charge < -0.3 is 11.1 Å². The highest BCUT2D eigenvalue weighted by atomic mass is 16.2. The van der Waals surface area contributed by atoms with E-state index in [-0.39, 0.29) is 17.9 Å². The SMILES string of the molecule is CC1CC(NC(=O)[C@H](N)C(C)C)C1. The van der Waals surface area contributed by atoms with Crippen molar-refractivity contribution >= 4 is 5.91 Å². The molecule has 0 bridgehead atoms. The summed E-state index contributed by atoms with van der Waals surface area (Å²) in [6, 6.07) is 0.0307. The van der Waals surface area contributed by atoms with Gasteiger partial charge >= 0.3 is 0 Å². The van der Waals surface area contributed by atoms with Crippen LogP contribution in [-0.2, 0) is 4.79 Å². The predicted molar refractivity (Wildman–Crippen MR) is 53.1 cm³/mol. The summed E-state index contributed by atoms with van der Waals surface area (Å²) < 4.78 is 0. The fraction of sp³-hybridized carbons (Fsp3) is 0.900. The zero-order valence-corrected chi connectivity index (χ0v) is 8.71. The molecule has 1 fully saturated rings. The van der Waals surface area contributed by atoms with E-state index in [0.29, 0.717) is 6.04 Å². The molecule has 0 saturated heterocycles. The van der Waals surface area contributed by atoms with Crippen molar-refractivity contribution in [3.05, 3.63) is 0 Å². The van der Waals surface area contributed by atoms with Gasteiger partial charge in [0.2, 0.25) is 5.91 Å². The summed E-state index contributed by atoms with van der Waals surface area (Å²) >= 11 is 0.